The number of anilines is 1. The predicted molar refractivity (Wildman–Crippen MR) is 73.8 cm³/mol. The molecule has 1 aliphatic heterocycles. The Morgan fingerprint density at radius 2 is 2.00 bits per heavy atom. The van der Waals surface area contributed by atoms with E-state index in [0.717, 1.165) is 17.8 Å². The van der Waals surface area contributed by atoms with E-state index in [2.05, 4.69) is 10.2 Å². The molecule has 1 saturated heterocycles. The number of carboxylic acid groups (broad SMARTS) is 1. The van der Waals surface area contributed by atoms with Crippen molar-refractivity contribution in [2.75, 3.05) is 11.4 Å². The van der Waals surface area contributed by atoms with Crippen LogP contribution >= 0.6 is 11.3 Å². The third-order valence-corrected chi connectivity index (χ3v) is 5.20. The van der Waals surface area contributed by atoms with Crippen LogP contribution in [0.3, 0.4) is 0 Å². The number of hydrogen-bond acceptors (Lipinski definition) is 5. The van der Waals surface area contributed by atoms with Gasteiger partial charge >= 0.3 is 5.97 Å². The summed E-state index contributed by atoms with van der Waals surface area (Å²) in [6.45, 7) is 0.216. The summed E-state index contributed by atoms with van der Waals surface area (Å²) in [5.74, 6) is -1.24. The molecule has 1 N–H and O–H groups in total. The molecule has 0 radical (unpaired) electrons. The van der Waals surface area contributed by atoms with Crippen LogP contribution in [0, 0.1) is 5.92 Å². The molecule has 2 fully saturated rings. The van der Waals surface area contributed by atoms with Gasteiger partial charge in [0.25, 0.3) is 0 Å². The van der Waals surface area contributed by atoms with Crippen LogP contribution < -0.4 is 4.90 Å². The summed E-state index contributed by atoms with van der Waals surface area (Å²) >= 11 is 1.44. The first-order valence-electron chi connectivity index (χ1n) is 7.01. The molecule has 0 spiro atoms. The van der Waals surface area contributed by atoms with Crippen molar-refractivity contribution >= 4 is 28.3 Å². The Kier molecular flexibility index (Phi) is 3.69. The number of rotatable bonds is 3. The molecule has 0 bridgehead atoms. The zero-order valence-electron chi connectivity index (χ0n) is 11.1. The average molecular weight is 295 g/mol. The lowest BCUT2D eigenvalue weighted by Crippen LogP contribution is -2.25. The fraction of sp³-hybridized carbons (Fsp3) is 0.692. The van der Waals surface area contributed by atoms with E-state index < -0.39 is 11.9 Å². The molecule has 1 aromatic rings. The minimum Gasteiger partial charge on any atom is -0.481 e. The average Bonchev–Trinajstić information content (AvgIpc) is 3.06. The van der Waals surface area contributed by atoms with E-state index in [1.807, 2.05) is 0 Å². The second-order valence-electron chi connectivity index (χ2n) is 5.50. The van der Waals surface area contributed by atoms with Crippen molar-refractivity contribution in [2.24, 2.45) is 5.92 Å². The topological polar surface area (TPSA) is 83.4 Å². The summed E-state index contributed by atoms with van der Waals surface area (Å²) in [6.07, 6.45) is 6.08. The van der Waals surface area contributed by atoms with Crippen molar-refractivity contribution in [3.8, 4) is 0 Å². The van der Waals surface area contributed by atoms with E-state index in [1.165, 1.54) is 35.5 Å². The molecule has 6 nitrogen and oxygen atoms in total. The van der Waals surface area contributed by atoms with Gasteiger partial charge in [0.15, 0.2) is 0 Å². The van der Waals surface area contributed by atoms with E-state index in [9.17, 15) is 9.59 Å². The maximum absolute atomic E-state index is 11.9. The molecule has 2 aliphatic rings. The van der Waals surface area contributed by atoms with E-state index >= 15 is 0 Å². The lowest BCUT2D eigenvalue weighted by Gasteiger charge is -2.18. The van der Waals surface area contributed by atoms with Gasteiger partial charge in [-0.25, -0.2) is 0 Å². The Morgan fingerprint density at radius 1 is 1.25 bits per heavy atom. The van der Waals surface area contributed by atoms with Gasteiger partial charge in [0, 0.05) is 18.9 Å². The van der Waals surface area contributed by atoms with Crippen molar-refractivity contribution in [1.82, 2.24) is 10.2 Å². The van der Waals surface area contributed by atoms with Crippen LogP contribution in [0.25, 0.3) is 0 Å². The number of aromatic nitrogens is 2. The van der Waals surface area contributed by atoms with Crippen molar-refractivity contribution in [1.29, 1.82) is 0 Å². The Morgan fingerprint density at radius 3 is 2.65 bits per heavy atom. The highest BCUT2D eigenvalue weighted by Gasteiger charge is 2.37. The van der Waals surface area contributed by atoms with Crippen LogP contribution in [0.1, 0.15) is 49.5 Å². The van der Waals surface area contributed by atoms with Crippen molar-refractivity contribution in [2.45, 2.75) is 44.4 Å². The molecule has 1 atom stereocenters. The van der Waals surface area contributed by atoms with E-state index in [4.69, 9.17) is 5.11 Å². The molecule has 1 saturated carbocycles. The van der Waals surface area contributed by atoms with Crippen LogP contribution in [-0.2, 0) is 9.59 Å². The summed E-state index contributed by atoms with van der Waals surface area (Å²) in [7, 11) is 0. The third-order valence-electron chi connectivity index (χ3n) is 4.09. The lowest BCUT2D eigenvalue weighted by molar-refractivity contribution is -0.141. The highest BCUT2D eigenvalue weighted by Crippen LogP contribution is 2.37. The Balaban J connectivity index is 1.73. The molecule has 0 aromatic carbocycles. The zero-order valence-corrected chi connectivity index (χ0v) is 11.9. The number of carbonyl (C=O) groups excluding carboxylic acids is 1. The van der Waals surface area contributed by atoms with E-state index in [-0.39, 0.29) is 18.9 Å². The molecule has 7 heteroatoms. The van der Waals surface area contributed by atoms with E-state index in [1.54, 1.807) is 0 Å². The fourth-order valence-corrected chi connectivity index (χ4v) is 3.95. The molecule has 20 heavy (non-hydrogen) atoms. The van der Waals surface area contributed by atoms with Crippen LogP contribution in [-0.4, -0.2) is 33.7 Å². The normalized spacial score (nSPS) is 24.3. The molecular weight excluding hydrogens is 278 g/mol. The van der Waals surface area contributed by atoms with Crippen LogP contribution in [0.2, 0.25) is 0 Å². The van der Waals surface area contributed by atoms with Gasteiger partial charge in [0.2, 0.25) is 11.0 Å². The second kappa shape index (κ2) is 5.47. The SMILES string of the molecule is O=C(O)[C@H]1CC(=O)N(c2nnc(C3CCCCC3)s2)C1. The predicted octanol–water partition coefficient (Wildman–Crippen LogP) is 2.02. The summed E-state index contributed by atoms with van der Waals surface area (Å²) in [6, 6.07) is 0. The van der Waals surface area contributed by atoms with Crippen molar-refractivity contribution < 1.29 is 14.7 Å². The number of carboxylic acids is 1. The van der Waals surface area contributed by atoms with Gasteiger partial charge in [0.05, 0.1) is 5.92 Å². The number of carbonyl (C=O) groups is 2. The minimum atomic E-state index is -0.919. The van der Waals surface area contributed by atoms with Gasteiger partial charge in [-0.3, -0.25) is 14.5 Å². The third kappa shape index (κ3) is 2.54. The van der Waals surface area contributed by atoms with Gasteiger partial charge in [-0.15, -0.1) is 10.2 Å². The van der Waals surface area contributed by atoms with Crippen LogP contribution in [0.4, 0.5) is 5.13 Å². The van der Waals surface area contributed by atoms with Crippen molar-refractivity contribution in [3.05, 3.63) is 5.01 Å². The molecule has 1 amide bonds. The maximum atomic E-state index is 11.9. The molecule has 2 heterocycles. The minimum absolute atomic E-state index is 0.0632. The maximum Gasteiger partial charge on any atom is 0.308 e. The highest BCUT2D eigenvalue weighted by atomic mass is 32.1. The first-order valence-corrected chi connectivity index (χ1v) is 7.83. The molecule has 1 aliphatic carbocycles. The number of amides is 1. The molecule has 108 valence electrons. The van der Waals surface area contributed by atoms with E-state index in [0.29, 0.717) is 11.0 Å². The first kappa shape index (κ1) is 13.5. The molecule has 3 rings (SSSR count). The standard InChI is InChI=1S/C13H17N3O3S/c17-10-6-9(12(18)19)7-16(10)13-15-14-11(20-13)8-4-2-1-3-5-8/h8-9H,1-7H2,(H,18,19)/t9-/m0/s1. The fourth-order valence-electron chi connectivity index (χ4n) is 2.91. The van der Waals surface area contributed by atoms with Gasteiger partial charge in [-0.1, -0.05) is 30.6 Å². The second-order valence-corrected chi connectivity index (χ2v) is 6.49. The number of hydrogen-bond donors (Lipinski definition) is 1. The molecule has 0 unspecified atom stereocenters. The Bertz CT molecular complexity index is 525. The smallest absolute Gasteiger partial charge is 0.308 e. The quantitative estimate of drug-likeness (QED) is 0.922. The Hall–Kier alpha value is -1.50. The molecule has 1 aromatic heterocycles. The summed E-state index contributed by atoms with van der Waals surface area (Å²) in [5.41, 5.74) is 0. The van der Waals surface area contributed by atoms with Gasteiger partial charge in [-0.05, 0) is 12.8 Å². The van der Waals surface area contributed by atoms with Gasteiger partial charge < -0.3 is 5.11 Å². The lowest BCUT2D eigenvalue weighted by atomic mass is 9.90. The number of nitrogens with zero attached hydrogens (tertiary/aromatic N) is 3. The van der Waals surface area contributed by atoms with Gasteiger partial charge in [0.1, 0.15) is 5.01 Å². The largest absolute Gasteiger partial charge is 0.481 e. The van der Waals surface area contributed by atoms with Crippen molar-refractivity contribution in [3.63, 3.8) is 0 Å². The zero-order chi connectivity index (χ0) is 14.1. The van der Waals surface area contributed by atoms with Gasteiger partial charge in [-0.2, -0.15) is 0 Å². The summed E-state index contributed by atoms with van der Waals surface area (Å²) in [5, 5.41) is 18.9. The highest BCUT2D eigenvalue weighted by molar-refractivity contribution is 7.15. The summed E-state index contributed by atoms with van der Waals surface area (Å²) in [4.78, 5) is 24.3. The monoisotopic (exact) mass is 295 g/mol. The number of aliphatic carboxylic acids is 1. The molecular formula is C13H17N3O3S. The summed E-state index contributed by atoms with van der Waals surface area (Å²) < 4.78 is 0. The van der Waals surface area contributed by atoms with Crippen LogP contribution in [0.5, 0.6) is 0 Å². The first-order chi connectivity index (χ1) is 9.65. The van der Waals surface area contributed by atoms with Crippen LogP contribution in [0.15, 0.2) is 0 Å². The Labute approximate surface area is 120 Å².